The maximum absolute atomic E-state index is 11.9. The molecular formula is C13H8O2. The predicted molar refractivity (Wildman–Crippen MR) is 57.1 cm³/mol. The zero-order chi connectivity index (χ0) is 10.4. The van der Waals surface area contributed by atoms with Gasteiger partial charge < -0.3 is 4.79 Å². The van der Waals surface area contributed by atoms with Gasteiger partial charge in [0, 0.05) is 5.56 Å². The van der Waals surface area contributed by atoms with Crippen molar-refractivity contribution in [1.29, 1.82) is 0 Å². The van der Waals surface area contributed by atoms with Crippen molar-refractivity contribution in [2.45, 2.75) is 5.92 Å². The molecule has 0 saturated carbocycles. The van der Waals surface area contributed by atoms with E-state index in [1.54, 1.807) is 6.07 Å². The maximum atomic E-state index is 11.9. The number of Topliss-reactive ketones (excluding diaryl/α,β-unsaturated/α-hetero) is 1. The lowest BCUT2D eigenvalue weighted by atomic mass is 10.0. The summed E-state index contributed by atoms with van der Waals surface area (Å²) in [6.07, 6.45) is 0.733. The van der Waals surface area contributed by atoms with E-state index in [4.69, 9.17) is 0 Å². The van der Waals surface area contributed by atoms with E-state index >= 15 is 0 Å². The first-order valence-corrected chi connectivity index (χ1v) is 4.84. The van der Waals surface area contributed by atoms with Crippen molar-refractivity contribution < 1.29 is 9.59 Å². The molecule has 0 heterocycles. The van der Waals surface area contributed by atoms with E-state index in [0.717, 1.165) is 22.6 Å². The van der Waals surface area contributed by atoms with Crippen LogP contribution in [0.5, 0.6) is 0 Å². The lowest BCUT2D eigenvalue weighted by molar-refractivity contribution is -0.108. The summed E-state index contributed by atoms with van der Waals surface area (Å²) < 4.78 is 0. The number of carbonyl (C=O) groups excluding carboxylic acids is 2. The molecule has 0 spiro atoms. The van der Waals surface area contributed by atoms with Crippen LogP contribution in [0.15, 0.2) is 36.4 Å². The normalized spacial score (nSPS) is 18.4. The molecule has 2 aromatic carbocycles. The highest BCUT2D eigenvalue weighted by Crippen LogP contribution is 2.36. The van der Waals surface area contributed by atoms with Crippen LogP contribution in [-0.4, -0.2) is 12.1 Å². The Labute approximate surface area is 86.5 Å². The monoisotopic (exact) mass is 196 g/mol. The van der Waals surface area contributed by atoms with Crippen LogP contribution < -0.4 is 0 Å². The third-order valence-electron chi connectivity index (χ3n) is 2.96. The van der Waals surface area contributed by atoms with Gasteiger partial charge >= 0.3 is 0 Å². The second-order valence-electron chi connectivity index (χ2n) is 3.73. The molecule has 0 amide bonds. The fourth-order valence-electron chi connectivity index (χ4n) is 2.28. The van der Waals surface area contributed by atoms with Gasteiger partial charge in [0.05, 0.1) is 0 Å². The van der Waals surface area contributed by atoms with E-state index in [0.29, 0.717) is 5.56 Å². The maximum Gasteiger partial charge on any atom is 0.178 e. The van der Waals surface area contributed by atoms with Gasteiger partial charge in [0.2, 0.25) is 0 Å². The number of hydrogen-bond acceptors (Lipinski definition) is 2. The van der Waals surface area contributed by atoms with E-state index in [-0.39, 0.29) is 5.78 Å². The summed E-state index contributed by atoms with van der Waals surface area (Å²) in [4.78, 5) is 22.8. The van der Waals surface area contributed by atoms with Crippen molar-refractivity contribution in [3.05, 3.63) is 47.5 Å². The summed E-state index contributed by atoms with van der Waals surface area (Å²) in [7, 11) is 0. The van der Waals surface area contributed by atoms with Gasteiger partial charge in [-0.1, -0.05) is 36.4 Å². The Morgan fingerprint density at radius 2 is 1.80 bits per heavy atom. The van der Waals surface area contributed by atoms with Gasteiger partial charge in [-0.2, -0.15) is 0 Å². The largest absolute Gasteiger partial charge is 0.302 e. The van der Waals surface area contributed by atoms with E-state index in [9.17, 15) is 9.59 Å². The molecule has 1 aliphatic carbocycles. The van der Waals surface area contributed by atoms with Gasteiger partial charge in [0.1, 0.15) is 12.2 Å². The number of rotatable bonds is 1. The average Bonchev–Trinajstić information content (AvgIpc) is 2.55. The summed E-state index contributed by atoms with van der Waals surface area (Å²) in [5.41, 5.74) is 1.53. The third kappa shape index (κ3) is 0.934. The SMILES string of the molecule is O=CC1C(=O)c2cccc3cccc1c23. The fourth-order valence-corrected chi connectivity index (χ4v) is 2.28. The highest BCUT2D eigenvalue weighted by Gasteiger charge is 2.31. The van der Waals surface area contributed by atoms with E-state index in [1.807, 2.05) is 30.3 Å². The van der Waals surface area contributed by atoms with Crippen molar-refractivity contribution in [1.82, 2.24) is 0 Å². The van der Waals surface area contributed by atoms with Crippen LogP contribution in [0.3, 0.4) is 0 Å². The molecule has 2 heteroatoms. The Morgan fingerprint density at radius 3 is 2.53 bits per heavy atom. The van der Waals surface area contributed by atoms with Crippen molar-refractivity contribution in [3.8, 4) is 0 Å². The van der Waals surface area contributed by atoms with E-state index in [2.05, 4.69) is 0 Å². The van der Waals surface area contributed by atoms with Crippen molar-refractivity contribution in [2.24, 2.45) is 0 Å². The average molecular weight is 196 g/mol. The van der Waals surface area contributed by atoms with Crippen LogP contribution >= 0.6 is 0 Å². The Hall–Kier alpha value is -1.96. The van der Waals surface area contributed by atoms with Gasteiger partial charge in [-0.25, -0.2) is 0 Å². The first-order valence-electron chi connectivity index (χ1n) is 4.84. The van der Waals surface area contributed by atoms with Crippen LogP contribution in [0.4, 0.5) is 0 Å². The minimum Gasteiger partial charge on any atom is -0.302 e. The highest BCUT2D eigenvalue weighted by atomic mass is 16.1. The molecule has 0 bridgehead atoms. The number of benzene rings is 2. The molecule has 0 N–H and O–H groups in total. The first kappa shape index (κ1) is 8.36. The molecule has 0 aliphatic heterocycles. The number of hydrogen-bond donors (Lipinski definition) is 0. The van der Waals surface area contributed by atoms with Crippen LogP contribution in [0.25, 0.3) is 10.8 Å². The molecular weight excluding hydrogens is 188 g/mol. The molecule has 2 nitrogen and oxygen atoms in total. The summed E-state index contributed by atoms with van der Waals surface area (Å²) in [5.74, 6) is -0.664. The summed E-state index contributed by atoms with van der Waals surface area (Å²) in [6, 6.07) is 11.3. The topological polar surface area (TPSA) is 34.1 Å². The van der Waals surface area contributed by atoms with Crippen LogP contribution in [0, 0.1) is 0 Å². The Kier molecular flexibility index (Phi) is 1.54. The van der Waals surface area contributed by atoms with E-state index < -0.39 is 5.92 Å². The standard InChI is InChI=1S/C13H8O2/c14-7-11-9-5-1-3-8-4-2-6-10(12(8)9)13(11)15/h1-7,11H. The summed E-state index contributed by atoms with van der Waals surface area (Å²) in [5, 5.41) is 1.98. The third-order valence-corrected chi connectivity index (χ3v) is 2.96. The molecule has 1 aliphatic rings. The van der Waals surface area contributed by atoms with Gasteiger partial charge in [-0.05, 0) is 16.3 Å². The lowest BCUT2D eigenvalue weighted by Gasteiger charge is -2.00. The first-order chi connectivity index (χ1) is 7.33. The van der Waals surface area contributed by atoms with Gasteiger partial charge in [0.15, 0.2) is 5.78 Å². The summed E-state index contributed by atoms with van der Waals surface area (Å²) in [6.45, 7) is 0. The molecule has 0 radical (unpaired) electrons. The number of carbonyl (C=O) groups is 2. The molecule has 0 fully saturated rings. The molecule has 72 valence electrons. The highest BCUT2D eigenvalue weighted by molar-refractivity contribution is 6.23. The molecule has 1 unspecified atom stereocenters. The van der Waals surface area contributed by atoms with Crippen LogP contribution in [-0.2, 0) is 4.79 Å². The lowest BCUT2D eigenvalue weighted by Crippen LogP contribution is -2.06. The number of aldehydes is 1. The summed E-state index contributed by atoms with van der Waals surface area (Å²) >= 11 is 0. The zero-order valence-electron chi connectivity index (χ0n) is 7.94. The smallest absolute Gasteiger partial charge is 0.178 e. The Bertz CT molecular complexity index is 579. The van der Waals surface area contributed by atoms with Crippen molar-refractivity contribution in [3.63, 3.8) is 0 Å². The van der Waals surface area contributed by atoms with Crippen LogP contribution in [0.1, 0.15) is 21.8 Å². The van der Waals surface area contributed by atoms with Crippen molar-refractivity contribution >= 4 is 22.8 Å². The van der Waals surface area contributed by atoms with E-state index in [1.165, 1.54) is 0 Å². The molecule has 0 saturated heterocycles. The predicted octanol–water partition coefficient (Wildman–Crippen LogP) is 2.32. The van der Waals surface area contributed by atoms with Gasteiger partial charge in [0.25, 0.3) is 0 Å². The quantitative estimate of drug-likeness (QED) is 0.518. The molecule has 2 aromatic rings. The molecule has 1 atom stereocenters. The number of ketones is 1. The Morgan fingerprint density at radius 1 is 1.07 bits per heavy atom. The fraction of sp³-hybridized carbons (Fsp3) is 0.0769. The minimum atomic E-state index is -0.592. The second kappa shape index (κ2) is 2.76. The van der Waals surface area contributed by atoms with Gasteiger partial charge in [-0.3, -0.25) is 4.79 Å². The second-order valence-corrected chi connectivity index (χ2v) is 3.73. The molecule has 0 aromatic heterocycles. The molecule has 3 rings (SSSR count). The van der Waals surface area contributed by atoms with Gasteiger partial charge in [-0.15, -0.1) is 0 Å². The van der Waals surface area contributed by atoms with Crippen LogP contribution in [0.2, 0.25) is 0 Å². The Balaban J connectivity index is 2.50. The molecule has 15 heavy (non-hydrogen) atoms. The minimum absolute atomic E-state index is 0.0724. The van der Waals surface area contributed by atoms with Crippen molar-refractivity contribution in [2.75, 3.05) is 0 Å². The zero-order valence-corrected chi connectivity index (χ0v) is 7.94.